The molecule has 5 N–H and O–H groups in total. The number of carbonyl (C=O) groups is 2. The summed E-state index contributed by atoms with van der Waals surface area (Å²) in [6.45, 7) is 20.7. The van der Waals surface area contributed by atoms with Crippen LogP contribution in [0, 0.1) is 51.8 Å². The number of benzene rings is 1. The molecule has 5 fully saturated rings. The number of aryl methyl sites for hydroxylation is 2. The van der Waals surface area contributed by atoms with Crippen LogP contribution in [-0.2, 0) is 32.0 Å². The SMILES string of the molecule is CNCCC1(C)C(=O)CCC2(C)C1CCC1(C)C2C(O)C2Cn3cc(C(CCO)c4cc(C)cc(C5CCOCC5)c4)c4[nH]cc(c43)CCC(C)(CC(O)C3OC3(C)C)C3=C2C1(C)CC3=O. The molecule has 10 rings (SSSR count). The fraction of sp³-hybridized carbons (Fsp3) is 0.714. The molecule has 10 nitrogen and oxygen atoms in total. The zero-order valence-electron chi connectivity index (χ0n) is 41.4. The van der Waals surface area contributed by atoms with Gasteiger partial charge in [-0.1, -0.05) is 58.4 Å². The molecular formula is C56H79N3O7. The minimum atomic E-state index is -0.775. The van der Waals surface area contributed by atoms with Gasteiger partial charge in [0.1, 0.15) is 11.9 Å². The number of rotatable bonds is 11. The lowest BCUT2D eigenvalue weighted by Gasteiger charge is -2.70. The lowest BCUT2D eigenvalue weighted by Crippen LogP contribution is -2.68. The lowest BCUT2D eigenvalue weighted by molar-refractivity contribution is -0.222. The Morgan fingerprint density at radius 1 is 0.985 bits per heavy atom. The smallest absolute Gasteiger partial charge is 0.160 e. The van der Waals surface area contributed by atoms with E-state index in [-0.39, 0.29) is 47.6 Å². The molecule has 3 saturated carbocycles. The first-order chi connectivity index (χ1) is 31.2. The van der Waals surface area contributed by atoms with Gasteiger partial charge in [0.2, 0.25) is 0 Å². The second-order valence-electron chi connectivity index (χ2n) is 24.4. The van der Waals surface area contributed by atoms with Gasteiger partial charge in [0, 0.05) is 85.4 Å². The number of aromatic nitrogens is 2. The monoisotopic (exact) mass is 906 g/mol. The second kappa shape index (κ2) is 16.2. The van der Waals surface area contributed by atoms with Crippen molar-refractivity contribution in [3.63, 3.8) is 0 Å². The van der Waals surface area contributed by atoms with Gasteiger partial charge < -0.3 is 39.7 Å². The third-order valence-electron chi connectivity index (χ3n) is 20.2. The van der Waals surface area contributed by atoms with E-state index in [1.807, 2.05) is 20.9 Å². The van der Waals surface area contributed by atoms with Crippen LogP contribution < -0.4 is 5.32 Å². The Labute approximate surface area is 393 Å². The predicted octanol–water partition coefficient (Wildman–Crippen LogP) is 8.85. The molecule has 5 heterocycles. The maximum atomic E-state index is 15.4. The molecule has 3 aliphatic heterocycles. The van der Waals surface area contributed by atoms with E-state index in [0.717, 1.165) is 91.6 Å². The first-order valence-electron chi connectivity index (χ1n) is 25.7. The van der Waals surface area contributed by atoms with Crippen LogP contribution in [0.1, 0.15) is 159 Å². The van der Waals surface area contributed by atoms with Gasteiger partial charge in [-0.2, -0.15) is 0 Å². The van der Waals surface area contributed by atoms with Crippen LogP contribution in [0.5, 0.6) is 0 Å². The maximum Gasteiger partial charge on any atom is 0.160 e. The highest BCUT2D eigenvalue weighted by molar-refractivity contribution is 6.02. The van der Waals surface area contributed by atoms with Crippen molar-refractivity contribution < 1.29 is 34.4 Å². The number of carbonyl (C=O) groups excluding carboxylic acids is 2. The van der Waals surface area contributed by atoms with E-state index in [4.69, 9.17) is 9.47 Å². The molecule has 12 atom stereocenters. The number of aliphatic hydroxyl groups excluding tert-OH is 3. The molecule has 66 heavy (non-hydrogen) atoms. The van der Waals surface area contributed by atoms with Crippen LogP contribution >= 0.6 is 0 Å². The second-order valence-corrected chi connectivity index (χ2v) is 24.4. The number of hydrogen-bond donors (Lipinski definition) is 5. The van der Waals surface area contributed by atoms with Crippen LogP contribution in [0.3, 0.4) is 0 Å². The van der Waals surface area contributed by atoms with Gasteiger partial charge >= 0.3 is 0 Å². The summed E-state index contributed by atoms with van der Waals surface area (Å²) >= 11 is 0. The molecule has 12 unspecified atom stereocenters. The summed E-state index contributed by atoms with van der Waals surface area (Å²) in [5, 5.41) is 39.9. The van der Waals surface area contributed by atoms with Gasteiger partial charge in [-0.15, -0.1) is 0 Å². The van der Waals surface area contributed by atoms with E-state index in [2.05, 4.69) is 87.0 Å². The molecule has 2 aromatic heterocycles. The average Bonchev–Trinajstić information content (AvgIpc) is 3.52. The number of nitrogens with one attached hydrogen (secondary N) is 2. The fourth-order valence-electron chi connectivity index (χ4n) is 16.7. The number of Topliss-reactive ketones (excluding diaryl/α,β-unsaturated/α-hetero) is 2. The molecule has 2 saturated heterocycles. The first-order valence-corrected chi connectivity index (χ1v) is 25.7. The largest absolute Gasteiger partial charge is 0.396 e. The van der Waals surface area contributed by atoms with Crippen LogP contribution in [0.25, 0.3) is 11.0 Å². The summed E-state index contributed by atoms with van der Waals surface area (Å²) in [6.07, 6.45) is 11.1. The number of aliphatic hydroxyl groups is 3. The molecule has 0 bridgehead atoms. The highest BCUT2D eigenvalue weighted by atomic mass is 16.6. The minimum Gasteiger partial charge on any atom is -0.396 e. The predicted molar refractivity (Wildman–Crippen MR) is 257 cm³/mol. The Morgan fingerprint density at radius 2 is 1.73 bits per heavy atom. The molecule has 7 aliphatic rings. The summed E-state index contributed by atoms with van der Waals surface area (Å²) < 4.78 is 14.2. The number of nitrogens with zero attached hydrogens (tertiary/aromatic N) is 1. The molecule has 0 amide bonds. The summed E-state index contributed by atoms with van der Waals surface area (Å²) in [6, 6.07) is 7.00. The van der Waals surface area contributed by atoms with Crippen LogP contribution in [0.15, 0.2) is 41.7 Å². The number of hydrogen-bond acceptors (Lipinski definition) is 8. The van der Waals surface area contributed by atoms with Gasteiger partial charge in [0.15, 0.2) is 5.78 Å². The maximum absolute atomic E-state index is 15.4. The van der Waals surface area contributed by atoms with Crippen molar-refractivity contribution >= 4 is 22.6 Å². The van der Waals surface area contributed by atoms with Gasteiger partial charge in [-0.05, 0) is 155 Å². The van der Waals surface area contributed by atoms with Gasteiger partial charge in [0.05, 0.1) is 28.8 Å². The minimum absolute atomic E-state index is 0.0431. The average molecular weight is 906 g/mol. The zero-order valence-corrected chi connectivity index (χ0v) is 41.4. The highest BCUT2D eigenvalue weighted by Gasteiger charge is 2.73. The summed E-state index contributed by atoms with van der Waals surface area (Å²) in [5.74, 6) is 0.469. The third kappa shape index (κ3) is 6.90. The van der Waals surface area contributed by atoms with Crippen molar-refractivity contribution in [2.75, 3.05) is 33.4 Å². The van der Waals surface area contributed by atoms with Crippen molar-refractivity contribution in [1.82, 2.24) is 14.9 Å². The zero-order chi connectivity index (χ0) is 46.9. The summed E-state index contributed by atoms with van der Waals surface area (Å²) in [4.78, 5) is 33.3. The van der Waals surface area contributed by atoms with Crippen LogP contribution in [0.2, 0.25) is 0 Å². The summed E-state index contributed by atoms with van der Waals surface area (Å²) in [5.41, 5.74) is 7.35. The quantitative estimate of drug-likeness (QED) is 0.120. The van der Waals surface area contributed by atoms with Gasteiger partial charge in [-0.3, -0.25) is 9.59 Å². The number of epoxide rings is 1. The third-order valence-corrected chi connectivity index (χ3v) is 20.2. The number of allylic oxidation sites excluding steroid dienone is 1. The Morgan fingerprint density at radius 3 is 2.42 bits per heavy atom. The molecular weight excluding hydrogens is 827 g/mol. The van der Waals surface area contributed by atoms with Crippen molar-refractivity contribution in [3.05, 3.63) is 69.6 Å². The van der Waals surface area contributed by atoms with E-state index in [9.17, 15) is 20.1 Å². The molecule has 3 aromatic rings. The van der Waals surface area contributed by atoms with Crippen molar-refractivity contribution in [2.45, 2.75) is 175 Å². The Balaban J connectivity index is 1.15. The molecule has 360 valence electrons. The summed E-state index contributed by atoms with van der Waals surface area (Å²) in [7, 11) is 1.96. The highest BCUT2D eigenvalue weighted by Crippen LogP contribution is 2.76. The normalized spacial score (nSPS) is 38.5. The van der Waals surface area contributed by atoms with Crippen molar-refractivity contribution in [2.24, 2.45) is 44.8 Å². The standard InChI is InChI=1S/C56H79N3O7/c1-32-24-35(33-14-22-65-23-15-33)26-36(25-32)37(13-21-60)38-30-59-31-39-44-45(52(4,27-41(62)50-51(2,3)66-50)16-10-34-29-58-46(38)47(34)59)40(61)28-56(44,8)55(7)18-11-42-53(5,19-20-57-9)43(63)12-17-54(42,6)49(55)48(39)64/h24-26,29-30,33,37,39,41-42,48-50,57-58,60,62,64H,10-23,27-28,31H2,1-9H3. The molecule has 0 spiro atoms. The van der Waals surface area contributed by atoms with E-state index in [1.54, 1.807) is 0 Å². The fourth-order valence-corrected chi connectivity index (χ4v) is 16.7. The molecule has 1 aromatic carbocycles. The van der Waals surface area contributed by atoms with E-state index in [0.29, 0.717) is 56.8 Å². The lowest BCUT2D eigenvalue weighted by atomic mass is 9.34. The van der Waals surface area contributed by atoms with Gasteiger partial charge in [0.25, 0.3) is 0 Å². The van der Waals surface area contributed by atoms with Crippen LogP contribution in [-0.4, -0.2) is 93.8 Å². The molecule has 10 heteroatoms. The van der Waals surface area contributed by atoms with Crippen LogP contribution in [0.4, 0.5) is 0 Å². The Bertz CT molecular complexity index is 2440. The van der Waals surface area contributed by atoms with E-state index >= 15 is 4.79 Å². The number of ketones is 2. The first kappa shape index (κ1) is 46.6. The molecule has 4 aliphatic carbocycles. The topological polar surface area (TPSA) is 149 Å². The Kier molecular flexibility index (Phi) is 11.5. The Hall–Kier alpha value is -3.12. The molecule has 0 radical (unpaired) electrons. The number of fused-ring (bicyclic) bond motifs is 4. The number of ether oxygens (including phenoxy) is 2. The van der Waals surface area contributed by atoms with Crippen molar-refractivity contribution in [1.29, 1.82) is 0 Å². The number of H-pyrrole nitrogens is 1. The van der Waals surface area contributed by atoms with Crippen molar-refractivity contribution in [3.8, 4) is 0 Å². The number of aromatic amines is 1. The van der Waals surface area contributed by atoms with E-state index in [1.165, 1.54) is 16.7 Å². The van der Waals surface area contributed by atoms with E-state index < -0.39 is 39.5 Å². The van der Waals surface area contributed by atoms with Gasteiger partial charge in [-0.25, -0.2) is 0 Å².